The lowest BCUT2D eigenvalue weighted by molar-refractivity contribution is 1.20. The summed E-state index contributed by atoms with van der Waals surface area (Å²) >= 11 is 1.76. The Morgan fingerprint density at radius 2 is 2.00 bits per heavy atom. The van der Waals surface area contributed by atoms with E-state index in [1.54, 1.807) is 11.9 Å². The van der Waals surface area contributed by atoms with E-state index in [4.69, 9.17) is 0 Å². The zero-order chi connectivity index (χ0) is 9.26. The number of fused-ring (bicyclic) bond motifs is 1. The first-order valence-corrected chi connectivity index (χ1v) is 5.41. The first kappa shape index (κ1) is 8.70. The Kier molecular flexibility index (Phi) is 2.32. The molecular formula is C11H13NS. The minimum atomic E-state index is 1.05. The predicted octanol–water partition coefficient (Wildman–Crippen LogP) is 3.19. The van der Waals surface area contributed by atoms with Crippen LogP contribution >= 0.6 is 11.9 Å². The number of allylic oxidation sites excluding steroid dienone is 2. The van der Waals surface area contributed by atoms with Crippen LogP contribution in [0.25, 0.3) is 5.57 Å². The van der Waals surface area contributed by atoms with Crippen LogP contribution in [0.1, 0.15) is 25.0 Å². The average molecular weight is 191 g/mol. The van der Waals surface area contributed by atoms with Gasteiger partial charge in [-0.05, 0) is 42.5 Å². The van der Waals surface area contributed by atoms with Crippen molar-refractivity contribution >= 4 is 17.5 Å². The van der Waals surface area contributed by atoms with E-state index in [0.717, 1.165) is 5.75 Å². The lowest BCUT2D eigenvalue weighted by atomic mass is 10.0. The molecule has 1 aliphatic heterocycles. The summed E-state index contributed by atoms with van der Waals surface area (Å²) in [6, 6.07) is 8.60. The molecule has 0 unspecified atom stereocenters. The van der Waals surface area contributed by atoms with Crippen LogP contribution in [-0.4, -0.2) is 0 Å². The summed E-state index contributed by atoms with van der Waals surface area (Å²) in [6.07, 6.45) is 0. The van der Waals surface area contributed by atoms with Crippen molar-refractivity contribution in [3.63, 3.8) is 0 Å². The SMILES string of the molecule is CC1=C(C)c2ccccc2CSN1. The third kappa shape index (κ3) is 1.59. The molecule has 1 aromatic rings. The maximum atomic E-state index is 3.34. The largest absolute Gasteiger partial charge is 0.333 e. The zero-order valence-electron chi connectivity index (χ0n) is 7.92. The third-order valence-electron chi connectivity index (χ3n) is 2.44. The van der Waals surface area contributed by atoms with Crippen LogP contribution in [0.2, 0.25) is 0 Å². The third-order valence-corrected chi connectivity index (χ3v) is 3.34. The van der Waals surface area contributed by atoms with Crippen molar-refractivity contribution in [2.24, 2.45) is 0 Å². The Morgan fingerprint density at radius 3 is 2.85 bits per heavy atom. The lowest BCUT2D eigenvalue weighted by Gasteiger charge is -2.06. The van der Waals surface area contributed by atoms with Gasteiger partial charge in [-0.1, -0.05) is 24.3 Å². The van der Waals surface area contributed by atoms with Crippen molar-refractivity contribution in [3.05, 3.63) is 41.1 Å². The molecule has 0 bridgehead atoms. The van der Waals surface area contributed by atoms with Gasteiger partial charge in [0.25, 0.3) is 0 Å². The molecule has 0 saturated heterocycles. The quantitative estimate of drug-likeness (QED) is 0.632. The molecule has 0 spiro atoms. The number of hydrogen-bond acceptors (Lipinski definition) is 2. The molecule has 0 atom stereocenters. The molecule has 1 aromatic carbocycles. The second kappa shape index (κ2) is 3.46. The van der Waals surface area contributed by atoms with E-state index in [9.17, 15) is 0 Å². The minimum Gasteiger partial charge on any atom is -0.333 e. The van der Waals surface area contributed by atoms with Gasteiger partial charge in [0.05, 0.1) is 0 Å². The van der Waals surface area contributed by atoms with Crippen molar-refractivity contribution in [2.45, 2.75) is 19.6 Å². The summed E-state index contributed by atoms with van der Waals surface area (Å²) in [4.78, 5) is 0. The van der Waals surface area contributed by atoms with E-state index >= 15 is 0 Å². The molecular weight excluding hydrogens is 178 g/mol. The number of hydrogen-bond donors (Lipinski definition) is 1. The summed E-state index contributed by atoms with van der Waals surface area (Å²) in [5.74, 6) is 1.05. The van der Waals surface area contributed by atoms with E-state index in [-0.39, 0.29) is 0 Å². The number of benzene rings is 1. The smallest absolute Gasteiger partial charge is 0.0389 e. The Labute approximate surface area is 83.4 Å². The monoisotopic (exact) mass is 191 g/mol. The van der Waals surface area contributed by atoms with Crippen LogP contribution < -0.4 is 4.72 Å². The summed E-state index contributed by atoms with van der Waals surface area (Å²) < 4.78 is 3.34. The Balaban J connectivity index is 2.56. The Bertz CT molecular complexity index is 355. The van der Waals surface area contributed by atoms with Gasteiger partial charge < -0.3 is 4.72 Å². The van der Waals surface area contributed by atoms with Gasteiger partial charge in [-0.15, -0.1) is 0 Å². The highest BCUT2D eigenvalue weighted by atomic mass is 32.2. The first-order chi connectivity index (χ1) is 6.29. The molecule has 0 amide bonds. The van der Waals surface area contributed by atoms with Crippen molar-refractivity contribution in [1.82, 2.24) is 4.72 Å². The van der Waals surface area contributed by atoms with Crippen molar-refractivity contribution < 1.29 is 0 Å². The zero-order valence-corrected chi connectivity index (χ0v) is 8.74. The van der Waals surface area contributed by atoms with Gasteiger partial charge in [0, 0.05) is 11.4 Å². The van der Waals surface area contributed by atoms with Gasteiger partial charge in [-0.2, -0.15) is 0 Å². The molecule has 1 N–H and O–H groups in total. The molecule has 1 aliphatic rings. The Morgan fingerprint density at radius 1 is 1.23 bits per heavy atom. The van der Waals surface area contributed by atoms with Gasteiger partial charge in [0.2, 0.25) is 0 Å². The minimum absolute atomic E-state index is 1.05. The van der Waals surface area contributed by atoms with Gasteiger partial charge >= 0.3 is 0 Å². The van der Waals surface area contributed by atoms with Gasteiger partial charge in [0.1, 0.15) is 0 Å². The summed E-state index contributed by atoms with van der Waals surface area (Å²) in [5.41, 5.74) is 5.45. The second-order valence-corrected chi connectivity index (χ2v) is 4.08. The van der Waals surface area contributed by atoms with E-state index < -0.39 is 0 Å². The molecule has 2 heteroatoms. The summed E-state index contributed by atoms with van der Waals surface area (Å²) in [6.45, 7) is 4.30. The van der Waals surface area contributed by atoms with Crippen LogP contribution in [0, 0.1) is 0 Å². The molecule has 13 heavy (non-hydrogen) atoms. The fourth-order valence-electron chi connectivity index (χ4n) is 1.51. The van der Waals surface area contributed by atoms with Crippen molar-refractivity contribution in [2.75, 3.05) is 0 Å². The maximum absolute atomic E-state index is 3.34. The Hall–Kier alpha value is -0.890. The number of rotatable bonds is 0. The number of nitrogens with one attached hydrogen (secondary N) is 1. The predicted molar refractivity (Wildman–Crippen MR) is 59.1 cm³/mol. The fourth-order valence-corrected chi connectivity index (χ4v) is 2.36. The highest BCUT2D eigenvalue weighted by Gasteiger charge is 2.10. The molecule has 0 radical (unpaired) electrons. The van der Waals surface area contributed by atoms with Crippen LogP contribution in [0.3, 0.4) is 0 Å². The van der Waals surface area contributed by atoms with Gasteiger partial charge in [-0.25, -0.2) is 0 Å². The van der Waals surface area contributed by atoms with Gasteiger partial charge in [-0.3, -0.25) is 0 Å². The van der Waals surface area contributed by atoms with E-state index in [0.29, 0.717) is 0 Å². The normalized spacial score (nSPS) is 16.2. The molecule has 1 nitrogen and oxygen atoms in total. The lowest BCUT2D eigenvalue weighted by Crippen LogP contribution is -1.98. The van der Waals surface area contributed by atoms with E-state index in [1.807, 2.05) is 0 Å². The first-order valence-electron chi connectivity index (χ1n) is 4.42. The van der Waals surface area contributed by atoms with Crippen LogP contribution in [-0.2, 0) is 5.75 Å². The van der Waals surface area contributed by atoms with Gasteiger partial charge in [0.15, 0.2) is 0 Å². The molecule has 0 saturated carbocycles. The highest BCUT2D eigenvalue weighted by molar-refractivity contribution is 7.96. The topological polar surface area (TPSA) is 12.0 Å². The summed E-state index contributed by atoms with van der Waals surface area (Å²) in [5, 5.41) is 0. The van der Waals surface area contributed by atoms with Crippen LogP contribution in [0.5, 0.6) is 0 Å². The fraction of sp³-hybridized carbons (Fsp3) is 0.273. The molecule has 2 rings (SSSR count). The second-order valence-electron chi connectivity index (χ2n) is 3.30. The maximum Gasteiger partial charge on any atom is 0.0389 e. The molecule has 68 valence electrons. The van der Waals surface area contributed by atoms with Crippen molar-refractivity contribution in [1.29, 1.82) is 0 Å². The van der Waals surface area contributed by atoms with E-state index in [2.05, 4.69) is 42.8 Å². The molecule has 1 heterocycles. The van der Waals surface area contributed by atoms with E-state index in [1.165, 1.54) is 22.4 Å². The van der Waals surface area contributed by atoms with Crippen LogP contribution in [0.15, 0.2) is 30.0 Å². The summed E-state index contributed by atoms with van der Waals surface area (Å²) in [7, 11) is 0. The molecule has 0 aromatic heterocycles. The molecule has 0 aliphatic carbocycles. The average Bonchev–Trinajstić information content (AvgIpc) is 2.29. The van der Waals surface area contributed by atoms with Crippen molar-refractivity contribution in [3.8, 4) is 0 Å². The molecule has 0 fully saturated rings. The standard InChI is InChI=1S/C11H13NS/c1-8-9(2)12-13-7-10-5-3-4-6-11(8)10/h3-6,12H,7H2,1-2H3. The highest BCUT2D eigenvalue weighted by Crippen LogP contribution is 2.27. The van der Waals surface area contributed by atoms with Crippen LogP contribution in [0.4, 0.5) is 0 Å².